The van der Waals surface area contributed by atoms with Gasteiger partial charge in [-0.15, -0.1) is 0 Å². The SMILES string of the molecule is C[C@]12CC[C@H](O)C[C@H]1CC[C@@H]1[C@@H]2CC[C@]2(C)[C@@](O)(/C=C/C=N/NC(=N)N)CC[C@]12O. The highest BCUT2D eigenvalue weighted by molar-refractivity contribution is 5.77. The highest BCUT2D eigenvalue weighted by Crippen LogP contribution is 2.70. The van der Waals surface area contributed by atoms with Gasteiger partial charge in [-0.1, -0.05) is 19.9 Å². The van der Waals surface area contributed by atoms with Gasteiger partial charge in [-0.2, -0.15) is 5.10 Å². The Labute approximate surface area is 179 Å². The van der Waals surface area contributed by atoms with Gasteiger partial charge in [-0.05, 0) is 87.0 Å². The molecule has 0 aromatic carbocycles. The molecule has 4 saturated carbocycles. The highest BCUT2D eigenvalue weighted by atomic mass is 16.3. The van der Waals surface area contributed by atoms with Crippen molar-refractivity contribution < 1.29 is 15.3 Å². The maximum atomic E-state index is 12.1. The van der Waals surface area contributed by atoms with Crippen molar-refractivity contribution in [2.45, 2.75) is 88.9 Å². The van der Waals surface area contributed by atoms with E-state index in [2.05, 4.69) is 24.4 Å². The van der Waals surface area contributed by atoms with E-state index in [1.165, 1.54) is 6.21 Å². The summed E-state index contributed by atoms with van der Waals surface area (Å²) in [6.07, 6.45) is 12.5. The number of aliphatic hydroxyl groups is 3. The summed E-state index contributed by atoms with van der Waals surface area (Å²) in [6.45, 7) is 4.45. The summed E-state index contributed by atoms with van der Waals surface area (Å²) < 4.78 is 0. The lowest BCUT2D eigenvalue weighted by molar-refractivity contribution is -0.227. The van der Waals surface area contributed by atoms with E-state index in [4.69, 9.17) is 11.1 Å². The first kappa shape index (κ1) is 21.8. The van der Waals surface area contributed by atoms with Crippen LogP contribution in [0.2, 0.25) is 0 Å². The molecule has 0 aliphatic heterocycles. The molecular weight excluding hydrogens is 380 g/mol. The molecule has 0 amide bonds. The summed E-state index contributed by atoms with van der Waals surface area (Å²) in [4.78, 5) is 0. The molecule has 30 heavy (non-hydrogen) atoms. The number of rotatable bonds is 3. The van der Waals surface area contributed by atoms with Crippen LogP contribution in [-0.2, 0) is 0 Å². The van der Waals surface area contributed by atoms with Crippen LogP contribution in [0.25, 0.3) is 0 Å². The summed E-state index contributed by atoms with van der Waals surface area (Å²) in [7, 11) is 0. The van der Waals surface area contributed by atoms with Crippen LogP contribution in [0.3, 0.4) is 0 Å². The van der Waals surface area contributed by atoms with Crippen molar-refractivity contribution in [1.29, 1.82) is 5.41 Å². The molecule has 0 aromatic rings. The van der Waals surface area contributed by atoms with Gasteiger partial charge in [0.25, 0.3) is 0 Å². The largest absolute Gasteiger partial charge is 0.393 e. The Morgan fingerprint density at radius 1 is 1.07 bits per heavy atom. The second kappa shape index (κ2) is 7.31. The molecule has 4 aliphatic rings. The van der Waals surface area contributed by atoms with Crippen LogP contribution in [0, 0.1) is 34.0 Å². The van der Waals surface area contributed by atoms with Gasteiger partial charge in [-0.3, -0.25) is 5.41 Å². The number of guanidine groups is 1. The van der Waals surface area contributed by atoms with Crippen molar-refractivity contribution in [2.75, 3.05) is 0 Å². The van der Waals surface area contributed by atoms with Crippen LogP contribution < -0.4 is 11.2 Å². The van der Waals surface area contributed by atoms with Gasteiger partial charge in [0.1, 0.15) is 0 Å². The number of hydrogen-bond donors (Lipinski definition) is 6. The van der Waals surface area contributed by atoms with E-state index < -0.39 is 16.6 Å². The van der Waals surface area contributed by atoms with Crippen LogP contribution in [0.5, 0.6) is 0 Å². The summed E-state index contributed by atoms with van der Waals surface area (Å²) in [5, 5.41) is 44.9. The second-order valence-corrected chi connectivity index (χ2v) is 10.8. The molecule has 0 unspecified atom stereocenters. The van der Waals surface area contributed by atoms with Crippen LogP contribution >= 0.6 is 0 Å². The molecule has 0 heterocycles. The Bertz CT molecular complexity index is 757. The maximum Gasteiger partial charge on any atom is 0.206 e. The third kappa shape index (κ3) is 3.04. The zero-order chi connectivity index (χ0) is 21.8. The summed E-state index contributed by atoms with van der Waals surface area (Å²) in [6, 6.07) is 0. The summed E-state index contributed by atoms with van der Waals surface area (Å²) in [5.41, 5.74) is 5.18. The van der Waals surface area contributed by atoms with Gasteiger partial charge in [-0.25, -0.2) is 5.43 Å². The van der Waals surface area contributed by atoms with Gasteiger partial charge in [0, 0.05) is 11.6 Å². The third-order valence-corrected chi connectivity index (χ3v) is 9.75. The Kier molecular flexibility index (Phi) is 5.31. The Balaban J connectivity index is 1.58. The molecule has 7 N–H and O–H groups in total. The Hall–Kier alpha value is -1.44. The Morgan fingerprint density at radius 3 is 2.57 bits per heavy atom. The van der Waals surface area contributed by atoms with Gasteiger partial charge in [0.15, 0.2) is 0 Å². The first-order valence-electron chi connectivity index (χ1n) is 11.5. The van der Waals surface area contributed by atoms with Crippen molar-refractivity contribution in [1.82, 2.24) is 5.43 Å². The van der Waals surface area contributed by atoms with Crippen LogP contribution in [-0.4, -0.2) is 44.8 Å². The summed E-state index contributed by atoms with van der Waals surface area (Å²) in [5.74, 6) is 0.955. The lowest BCUT2D eigenvalue weighted by Gasteiger charge is -2.64. The molecule has 0 saturated heterocycles. The van der Waals surface area contributed by atoms with Crippen LogP contribution in [0.15, 0.2) is 17.3 Å². The molecule has 0 bridgehead atoms. The number of allylic oxidation sites excluding steroid dienone is 1. The fourth-order valence-corrected chi connectivity index (χ4v) is 7.88. The van der Waals surface area contributed by atoms with Crippen molar-refractivity contribution in [3.63, 3.8) is 0 Å². The average molecular weight is 419 g/mol. The molecule has 4 fully saturated rings. The number of nitrogens with zero attached hydrogens (tertiary/aromatic N) is 1. The quantitative estimate of drug-likeness (QED) is 0.237. The van der Waals surface area contributed by atoms with Crippen molar-refractivity contribution in [3.05, 3.63) is 12.2 Å². The molecule has 7 nitrogen and oxygen atoms in total. The molecular formula is C23H38N4O3. The summed E-state index contributed by atoms with van der Waals surface area (Å²) >= 11 is 0. The monoisotopic (exact) mass is 418 g/mol. The Morgan fingerprint density at radius 2 is 1.83 bits per heavy atom. The zero-order valence-electron chi connectivity index (χ0n) is 18.3. The van der Waals surface area contributed by atoms with E-state index in [0.29, 0.717) is 24.7 Å². The van der Waals surface area contributed by atoms with E-state index in [1.54, 1.807) is 12.2 Å². The molecule has 168 valence electrons. The molecule has 0 radical (unpaired) electrons. The van der Waals surface area contributed by atoms with Crippen molar-refractivity contribution in [3.8, 4) is 0 Å². The average Bonchev–Trinajstić information content (AvgIpc) is 2.89. The number of nitrogens with one attached hydrogen (secondary N) is 2. The van der Waals surface area contributed by atoms with Crippen molar-refractivity contribution in [2.24, 2.45) is 39.4 Å². The van der Waals surface area contributed by atoms with Gasteiger partial charge < -0.3 is 21.1 Å². The van der Waals surface area contributed by atoms with E-state index >= 15 is 0 Å². The van der Waals surface area contributed by atoms with E-state index in [0.717, 1.165) is 44.9 Å². The smallest absolute Gasteiger partial charge is 0.206 e. The lowest BCUT2D eigenvalue weighted by Crippen LogP contribution is -2.65. The standard InChI is InChI=1S/C23H38N4O3/c1-20-9-6-16(28)14-15(20)4-5-18-17(20)7-10-21(2)22(29,11-12-23(18,21)30)8-3-13-26-27-19(24)25/h3,8,13,15-18,28-30H,4-7,9-12,14H2,1-2H3,(H4,24,25,27)/b8-3+,26-13+/t15-,16+,17+,18-,20+,21-,22-,23+/m1/s1. The third-order valence-electron chi connectivity index (χ3n) is 9.75. The molecule has 8 atom stereocenters. The number of hydrogen-bond acceptors (Lipinski definition) is 5. The van der Waals surface area contributed by atoms with E-state index in [1.807, 2.05) is 0 Å². The minimum atomic E-state index is -1.09. The van der Waals surface area contributed by atoms with Gasteiger partial charge in [0.05, 0.1) is 17.3 Å². The highest BCUT2D eigenvalue weighted by Gasteiger charge is 2.71. The number of hydrazone groups is 1. The molecule has 0 aromatic heterocycles. The zero-order valence-corrected chi connectivity index (χ0v) is 18.3. The fraction of sp³-hybridized carbons (Fsp3) is 0.826. The number of nitrogens with two attached hydrogens (primary N) is 1. The number of fused-ring (bicyclic) bond motifs is 5. The van der Waals surface area contributed by atoms with Crippen LogP contribution in [0.1, 0.15) is 71.6 Å². The minimum absolute atomic E-state index is 0.169. The van der Waals surface area contributed by atoms with Gasteiger partial charge in [0.2, 0.25) is 5.96 Å². The number of aliphatic hydroxyl groups excluding tert-OH is 1. The maximum absolute atomic E-state index is 12.1. The van der Waals surface area contributed by atoms with Gasteiger partial charge >= 0.3 is 0 Å². The molecule has 4 aliphatic carbocycles. The normalized spacial score (nSPS) is 50.8. The first-order chi connectivity index (χ1) is 14.1. The second-order valence-electron chi connectivity index (χ2n) is 10.8. The fourth-order valence-electron chi connectivity index (χ4n) is 7.88. The first-order valence-corrected chi connectivity index (χ1v) is 11.5. The predicted octanol–water partition coefficient (Wildman–Crippen LogP) is 2.26. The minimum Gasteiger partial charge on any atom is -0.393 e. The molecule has 0 spiro atoms. The van der Waals surface area contributed by atoms with Crippen LogP contribution in [0.4, 0.5) is 0 Å². The lowest BCUT2D eigenvalue weighted by atomic mass is 9.43. The molecule has 7 heteroatoms. The van der Waals surface area contributed by atoms with E-state index in [-0.39, 0.29) is 23.4 Å². The van der Waals surface area contributed by atoms with E-state index in [9.17, 15) is 15.3 Å². The van der Waals surface area contributed by atoms with Crippen molar-refractivity contribution >= 4 is 12.2 Å². The predicted molar refractivity (Wildman–Crippen MR) is 117 cm³/mol. The molecule has 4 rings (SSSR count). The topological polar surface area (TPSA) is 135 Å².